The molecule has 0 aliphatic heterocycles. The number of ether oxygens (including phenoxy) is 2. The van der Waals surface area contributed by atoms with E-state index in [1.54, 1.807) is 42.2 Å². The number of aryl methyl sites for hydroxylation is 1. The summed E-state index contributed by atoms with van der Waals surface area (Å²) in [5, 5.41) is 8.47. The van der Waals surface area contributed by atoms with E-state index in [1.807, 2.05) is 28.9 Å². The van der Waals surface area contributed by atoms with Crippen LogP contribution in [0.2, 0.25) is 0 Å². The van der Waals surface area contributed by atoms with E-state index in [0.717, 1.165) is 10.9 Å². The molecule has 1 N–H and O–H groups in total. The summed E-state index contributed by atoms with van der Waals surface area (Å²) in [4.78, 5) is 17.5. The minimum absolute atomic E-state index is 0.250. The van der Waals surface area contributed by atoms with Crippen molar-refractivity contribution in [3.8, 4) is 5.75 Å². The van der Waals surface area contributed by atoms with Gasteiger partial charge in [-0.2, -0.15) is 5.10 Å². The van der Waals surface area contributed by atoms with Crippen molar-refractivity contribution >= 4 is 28.1 Å². The van der Waals surface area contributed by atoms with Gasteiger partial charge in [-0.25, -0.2) is 4.98 Å². The summed E-state index contributed by atoms with van der Waals surface area (Å²) < 4.78 is 14.3. The molecule has 34 heavy (non-hydrogen) atoms. The van der Waals surface area contributed by atoms with Crippen LogP contribution in [-0.4, -0.2) is 45.4 Å². The topological polar surface area (TPSA) is 82.7 Å². The molecular formula is C26H25N5O3. The molecule has 0 spiro atoms. The summed E-state index contributed by atoms with van der Waals surface area (Å²) in [6.07, 6.45) is 5.13. The molecule has 3 aromatic heterocycles. The minimum atomic E-state index is -0.250. The molecule has 172 valence electrons. The fourth-order valence-corrected chi connectivity index (χ4v) is 3.97. The number of carbonyl (C=O) groups excluding carboxylic acids is 1. The molecule has 8 heteroatoms. The van der Waals surface area contributed by atoms with Crippen LogP contribution < -0.4 is 10.1 Å². The van der Waals surface area contributed by atoms with Crippen LogP contribution in [0.15, 0.2) is 73.2 Å². The molecule has 0 unspecified atom stereocenters. The van der Waals surface area contributed by atoms with Crippen LogP contribution in [0, 0.1) is 6.92 Å². The van der Waals surface area contributed by atoms with E-state index >= 15 is 0 Å². The van der Waals surface area contributed by atoms with Gasteiger partial charge in [-0.1, -0.05) is 35.9 Å². The second kappa shape index (κ2) is 9.36. The van der Waals surface area contributed by atoms with Crippen LogP contribution >= 0.6 is 0 Å². The smallest absolute Gasteiger partial charge is 0.274 e. The predicted octanol–water partition coefficient (Wildman–Crippen LogP) is 4.32. The highest BCUT2D eigenvalue weighted by atomic mass is 16.5. The Morgan fingerprint density at radius 1 is 1.06 bits per heavy atom. The molecular weight excluding hydrogens is 430 g/mol. The van der Waals surface area contributed by atoms with E-state index in [2.05, 4.69) is 40.5 Å². The zero-order valence-electron chi connectivity index (χ0n) is 19.1. The van der Waals surface area contributed by atoms with Crippen LogP contribution in [0.3, 0.4) is 0 Å². The highest BCUT2D eigenvalue weighted by Crippen LogP contribution is 2.25. The van der Waals surface area contributed by atoms with Crippen molar-refractivity contribution < 1.29 is 14.3 Å². The van der Waals surface area contributed by atoms with E-state index in [0.29, 0.717) is 42.5 Å². The van der Waals surface area contributed by atoms with E-state index in [1.165, 1.54) is 11.1 Å². The molecule has 0 bridgehead atoms. The fourth-order valence-electron chi connectivity index (χ4n) is 3.97. The molecule has 0 radical (unpaired) electrons. The van der Waals surface area contributed by atoms with Crippen molar-refractivity contribution in [3.63, 3.8) is 0 Å². The molecule has 5 aromatic rings. The van der Waals surface area contributed by atoms with Crippen molar-refractivity contribution in [1.82, 2.24) is 19.2 Å². The number of carbonyl (C=O) groups is 1. The molecule has 1 amide bonds. The lowest BCUT2D eigenvalue weighted by Gasteiger charge is -2.09. The van der Waals surface area contributed by atoms with Crippen LogP contribution in [0.5, 0.6) is 5.75 Å². The molecule has 5 rings (SSSR count). The lowest BCUT2D eigenvalue weighted by atomic mass is 10.1. The van der Waals surface area contributed by atoms with Gasteiger partial charge in [-0.15, -0.1) is 0 Å². The molecule has 2 aromatic carbocycles. The number of hydrogen-bond acceptors (Lipinski definition) is 5. The highest BCUT2D eigenvalue weighted by Gasteiger charge is 2.15. The third kappa shape index (κ3) is 4.35. The Balaban J connectivity index is 1.37. The number of pyridine rings is 1. The quantitative estimate of drug-likeness (QED) is 0.353. The Bertz CT molecular complexity index is 1470. The number of imidazole rings is 1. The Morgan fingerprint density at radius 3 is 2.79 bits per heavy atom. The number of methoxy groups -OCH3 is 1. The van der Waals surface area contributed by atoms with Crippen molar-refractivity contribution in [2.45, 2.75) is 13.5 Å². The molecule has 0 atom stereocenters. The summed E-state index contributed by atoms with van der Waals surface area (Å²) in [6, 6.07) is 17.8. The molecule has 0 fully saturated rings. The van der Waals surface area contributed by atoms with Crippen molar-refractivity contribution in [2.24, 2.45) is 0 Å². The maximum absolute atomic E-state index is 13.1. The number of hydrogen-bond donors (Lipinski definition) is 1. The van der Waals surface area contributed by atoms with Gasteiger partial charge in [0.2, 0.25) is 0 Å². The van der Waals surface area contributed by atoms with E-state index in [9.17, 15) is 4.79 Å². The Kier molecular flexibility index (Phi) is 5.97. The normalized spacial score (nSPS) is 11.2. The average molecular weight is 456 g/mol. The second-order valence-electron chi connectivity index (χ2n) is 8.06. The SMILES string of the molecule is COCCOc1ccn2c(C(=O)Nc3cccc4c3cnn4Cc3cccc(C)c3)cnc2c1. The average Bonchev–Trinajstić information content (AvgIpc) is 3.44. The number of benzene rings is 2. The molecule has 3 heterocycles. The van der Waals surface area contributed by atoms with Gasteiger partial charge in [-0.05, 0) is 30.7 Å². The maximum Gasteiger partial charge on any atom is 0.274 e. The first kappa shape index (κ1) is 21.7. The number of rotatable bonds is 8. The van der Waals surface area contributed by atoms with Gasteiger partial charge in [0.05, 0.1) is 36.7 Å². The Morgan fingerprint density at radius 2 is 1.94 bits per heavy atom. The van der Waals surface area contributed by atoms with Crippen LogP contribution in [0.1, 0.15) is 21.6 Å². The van der Waals surface area contributed by atoms with Gasteiger partial charge in [0.1, 0.15) is 23.7 Å². The Hall–Kier alpha value is -4.17. The van der Waals surface area contributed by atoms with Crippen LogP contribution in [0.25, 0.3) is 16.6 Å². The van der Waals surface area contributed by atoms with Gasteiger partial charge < -0.3 is 14.8 Å². The van der Waals surface area contributed by atoms with Gasteiger partial charge in [0, 0.05) is 24.8 Å². The monoisotopic (exact) mass is 455 g/mol. The molecule has 0 aliphatic rings. The lowest BCUT2D eigenvalue weighted by molar-refractivity contribution is 0.102. The third-order valence-corrected chi connectivity index (χ3v) is 5.62. The number of amides is 1. The fraction of sp³-hybridized carbons (Fsp3) is 0.192. The van der Waals surface area contributed by atoms with Gasteiger partial charge in [0.25, 0.3) is 5.91 Å². The zero-order valence-corrected chi connectivity index (χ0v) is 19.1. The molecule has 0 aliphatic carbocycles. The summed E-state index contributed by atoms with van der Waals surface area (Å²) in [7, 11) is 1.63. The minimum Gasteiger partial charge on any atom is -0.491 e. The largest absolute Gasteiger partial charge is 0.491 e. The highest BCUT2D eigenvalue weighted by molar-refractivity contribution is 6.08. The van der Waals surface area contributed by atoms with Crippen molar-refractivity contribution in [2.75, 3.05) is 25.6 Å². The van der Waals surface area contributed by atoms with Gasteiger partial charge >= 0.3 is 0 Å². The molecule has 0 saturated heterocycles. The first-order chi connectivity index (χ1) is 16.6. The maximum atomic E-state index is 13.1. The summed E-state index contributed by atoms with van der Waals surface area (Å²) in [6.45, 7) is 3.68. The molecule has 0 saturated carbocycles. The Labute approximate surface area is 196 Å². The lowest BCUT2D eigenvalue weighted by Crippen LogP contribution is -2.14. The van der Waals surface area contributed by atoms with Gasteiger partial charge in [0.15, 0.2) is 0 Å². The van der Waals surface area contributed by atoms with Crippen molar-refractivity contribution in [3.05, 3.63) is 90.0 Å². The van der Waals surface area contributed by atoms with E-state index in [-0.39, 0.29) is 5.91 Å². The molecule has 8 nitrogen and oxygen atoms in total. The summed E-state index contributed by atoms with van der Waals surface area (Å²) in [5.41, 5.74) is 5.11. The van der Waals surface area contributed by atoms with Crippen molar-refractivity contribution in [1.29, 1.82) is 0 Å². The van der Waals surface area contributed by atoms with Crippen LogP contribution in [0.4, 0.5) is 5.69 Å². The number of fused-ring (bicyclic) bond motifs is 2. The summed E-state index contributed by atoms with van der Waals surface area (Å²) >= 11 is 0. The number of nitrogens with zero attached hydrogens (tertiary/aromatic N) is 4. The number of anilines is 1. The third-order valence-electron chi connectivity index (χ3n) is 5.62. The van der Waals surface area contributed by atoms with E-state index in [4.69, 9.17) is 9.47 Å². The van der Waals surface area contributed by atoms with E-state index < -0.39 is 0 Å². The van der Waals surface area contributed by atoms with Crippen LogP contribution in [-0.2, 0) is 11.3 Å². The summed E-state index contributed by atoms with van der Waals surface area (Å²) in [5.74, 6) is 0.424. The predicted molar refractivity (Wildman–Crippen MR) is 131 cm³/mol. The zero-order chi connectivity index (χ0) is 23.5. The number of aromatic nitrogens is 4. The first-order valence-electron chi connectivity index (χ1n) is 11.0. The second-order valence-corrected chi connectivity index (χ2v) is 8.06. The standard InChI is InChI=1S/C26H25N5O3/c1-18-5-3-6-19(13-18)17-31-23-8-4-7-22(21(23)15-28-31)29-26(32)24-16-27-25-14-20(9-10-30(24)25)34-12-11-33-2/h3-10,13-16H,11-12,17H2,1-2H3,(H,29,32). The van der Waals surface area contributed by atoms with Gasteiger partial charge in [-0.3, -0.25) is 13.9 Å². The number of nitrogens with one attached hydrogen (secondary N) is 1. The first-order valence-corrected chi connectivity index (χ1v) is 11.0.